The predicted molar refractivity (Wildman–Crippen MR) is 103 cm³/mol. The van der Waals surface area contributed by atoms with Crippen LogP contribution in [0.5, 0.6) is 0 Å². The molecular weight excluding hydrogens is 366 g/mol. The smallest absolute Gasteiger partial charge is 0.417 e. The number of amides is 2. The zero-order valence-corrected chi connectivity index (χ0v) is 16.5. The third-order valence-electron chi connectivity index (χ3n) is 4.30. The molecule has 2 N–H and O–H groups in total. The first-order chi connectivity index (χ1) is 13.0. The Bertz CT molecular complexity index is 889. The number of nitrogens with zero attached hydrogens (tertiary/aromatic N) is 2. The Labute approximate surface area is 162 Å². The van der Waals surface area contributed by atoms with Crippen LogP contribution in [0, 0.1) is 16.0 Å². The molecule has 9 nitrogen and oxygen atoms in total. The van der Waals surface area contributed by atoms with Crippen molar-refractivity contribution >= 4 is 28.7 Å². The zero-order valence-electron chi connectivity index (χ0n) is 16.5. The van der Waals surface area contributed by atoms with Crippen LogP contribution < -0.4 is 5.73 Å². The second-order valence-electron chi connectivity index (χ2n) is 7.21. The van der Waals surface area contributed by atoms with Crippen molar-refractivity contribution in [3.63, 3.8) is 0 Å². The number of hydrogen-bond donors (Lipinski definition) is 1. The third-order valence-corrected chi connectivity index (χ3v) is 4.30. The van der Waals surface area contributed by atoms with E-state index in [0.717, 1.165) is 4.90 Å². The number of nitrogens with two attached hydrogens (primary N) is 1. The molecule has 9 heteroatoms. The van der Waals surface area contributed by atoms with Crippen LogP contribution in [0.2, 0.25) is 0 Å². The summed E-state index contributed by atoms with van der Waals surface area (Å²) in [6.45, 7) is 8.51. The largest absolute Gasteiger partial charge is 0.459 e. The monoisotopic (exact) mass is 391 g/mol. The normalized spacial score (nSPS) is 13.6. The van der Waals surface area contributed by atoms with Gasteiger partial charge in [-0.2, -0.15) is 0 Å². The Morgan fingerprint density at radius 1 is 1.18 bits per heavy atom. The molecule has 2 rings (SSSR count). The number of carbonyl (C=O) groups excluding carboxylic acids is 2. The molecule has 1 heterocycles. The lowest BCUT2D eigenvalue weighted by Crippen LogP contribution is -2.50. The van der Waals surface area contributed by atoms with Gasteiger partial charge in [-0.15, -0.1) is 0 Å². The fourth-order valence-corrected chi connectivity index (χ4v) is 2.64. The van der Waals surface area contributed by atoms with Crippen LogP contribution >= 0.6 is 0 Å². The number of hydrogen-bond acceptors (Lipinski definition) is 7. The van der Waals surface area contributed by atoms with Gasteiger partial charge < -0.3 is 14.9 Å². The fourth-order valence-electron chi connectivity index (χ4n) is 2.64. The van der Waals surface area contributed by atoms with Crippen molar-refractivity contribution in [3.05, 3.63) is 40.1 Å². The SMILES string of the molecule is CC(C)OC(=O)N(C(=O)[C@@H](N)C(C)C)C(C)c1cc2cc([N+](=O)[O-])ccc2o1. The van der Waals surface area contributed by atoms with Crippen LogP contribution in [0.1, 0.15) is 46.4 Å². The highest BCUT2D eigenvalue weighted by Gasteiger charge is 2.36. The van der Waals surface area contributed by atoms with Gasteiger partial charge >= 0.3 is 6.09 Å². The molecule has 1 unspecified atom stereocenters. The lowest BCUT2D eigenvalue weighted by atomic mass is 10.0. The van der Waals surface area contributed by atoms with Gasteiger partial charge in [-0.1, -0.05) is 13.8 Å². The first kappa shape index (κ1) is 21.4. The van der Waals surface area contributed by atoms with Crippen molar-refractivity contribution in [1.29, 1.82) is 0 Å². The summed E-state index contributed by atoms with van der Waals surface area (Å²) in [6, 6.07) is 4.03. The molecule has 0 aliphatic carbocycles. The van der Waals surface area contributed by atoms with Crippen molar-refractivity contribution in [2.24, 2.45) is 11.7 Å². The van der Waals surface area contributed by atoms with Gasteiger partial charge in [0.15, 0.2) is 0 Å². The minimum atomic E-state index is -0.896. The van der Waals surface area contributed by atoms with Crippen molar-refractivity contribution in [3.8, 4) is 0 Å². The molecule has 2 amide bonds. The third kappa shape index (κ3) is 4.48. The highest BCUT2D eigenvalue weighted by molar-refractivity contribution is 5.95. The lowest BCUT2D eigenvalue weighted by molar-refractivity contribution is -0.384. The molecule has 2 atom stereocenters. The van der Waals surface area contributed by atoms with Gasteiger partial charge in [-0.3, -0.25) is 14.9 Å². The number of ether oxygens (including phenoxy) is 1. The highest BCUT2D eigenvalue weighted by Crippen LogP contribution is 2.31. The van der Waals surface area contributed by atoms with E-state index in [0.29, 0.717) is 16.7 Å². The molecule has 152 valence electrons. The Balaban J connectivity index is 2.44. The molecule has 0 bridgehead atoms. The van der Waals surface area contributed by atoms with Gasteiger partial charge in [-0.25, -0.2) is 9.69 Å². The first-order valence-corrected chi connectivity index (χ1v) is 9.00. The number of nitro groups is 1. The van der Waals surface area contributed by atoms with Crippen LogP contribution in [-0.2, 0) is 9.53 Å². The molecule has 1 aromatic heterocycles. The minimum Gasteiger partial charge on any atom is -0.459 e. The number of imide groups is 1. The molecule has 1 aromatic carbocycles. The molecule has 0 saturated heterocycles. The molecule has 2 aromatic rings. The number of benzene rings is 1. The fraction of sp³-hybridized carbons (Fsp3) is 0.474. The van der Waals surface area contributed by atoms with E-state index in [-0.39, 0.29) is 11.6 Å². The summed E-state index contributed by atoms with van der Waals surface area (Å²) in [4.78, 5) is 36.8. The average Bonchev–Trinajstić information content (AvgIpc) is 3.03. The molecule has 0 spiro atoms. The van der Waals surface area contributed by atoms with E-state index in [2.05, 4.69) is 0 Å². The summed E-state index contributed by atoms with van der Waals surface area (Å²) >= 11 is 0. The van der Waals surface area contributed by atoms with Crippen molar-refractivity contribution in [2.75, 3.05) is 0 Å². The summed E-state index contributed by atoms with van der Waals surface area (Å²) in [5.74, 6) is -0.479. The Morgan fingerprint density at radius 3 is 2.36 bits per heavy atom. The van der Waals surface area contributed by atoms with Crippen LogP contribution in [-0.4, -0.2) is 34.0 Å². The highest BCUT2D eigenvalue weighted by atomic mass is 16.6. The maximum atomic E-state index is 12.9. The number of carbonyl (C=O) groups is 2. The van der Waals surface area contributed by atoms with E-state index >= 15 is 0 Å². The number of fused-ring (bicyclic) bond motifs is 1. The van der Waals surface area contributed by atoms with E-state index in [1.165, 1.54) is 18.2 Å². The topological polar surface area (TPSA) is 129 Å². The molecule has 0 radical (unpaired) electrons. The van der Waals surface area contributed by atoms with Gasteiger partial charge in [0.05, 0.1) is 23.1 Å². The quantitative estimate of drug-likeness (QED) is 0.586. The van der Waals surface area contributed by atoms with E-state index in [1.807, 2.05) is 0 Å². The summed E-state index contributed by atoms with van der Waals surface area (Å²) in [7, 11) is 0. The van der Waals surface area contributed by atoms with Gasteiger partial charge in [0.25, 0.3) is 5.69 Å². The van der Waals surface area contributed by atoms with E-state index in [9.17, 15) is 19.7 Å². The Hall–Kier alpha value is -2.94. The van der Waals surface area contributed by atoms with Crippen molar-refractivity contribution in [2.45, 2.75) is 52.8 Å². The summed E-state index contributed by atoms with van der Waals surface area (Å²) in [5, 5.41) is 11.5. The van der Waals surface area contributed by atoms with Gasteiger partial charge in [0.2, 0.25) is 5.91 Å². The van der Waals surface area contributed by atoms with E-state index in [4.69, 9.17) is 14.9 Å². The van der Waals surface area contributed by atoms with Crippen LogP contribution in [0.4, 0.5) is 10.5 Å². The van der Waals surface area contributed by atoms with Crippen molar-refractivity contribution in [1.82, 2.24) is 4.90 Å². The number of furan rings is 1. The molecule has 0 saturated carbocycles. The molecular formula is C19H25N3O6. The first-order valence-electron chi connectivity index (χ1n) is 9.00. The van der Waals surface area contributed by atoms with Gasteiger partial charge in [-0.05, 0) is 38.8 Å². The van der Waals surface area contributed by atoms with Gasteiger partial charge in [0.1, 0.15) is 11.3 Å². The van der Waals surface area contributed by atoms with Crippen LogP contribution in [0.15, 0.2) is 28.7 Å². The second kappa shape index (κ2) is 8.39. The number of rotatable bonds is 6. The Kier molecular flexibility index (Phi) is 6.40. The standard InChI is InChI=1S/C19H25N3O6/c1-10(2)17(20)18(23)21(19(24)27-11(3)4)12(5)16-9-13-8-14(22(25)26)6-7-15(13)28-16/h6-12,17H,20H2,1-5H3/t12?,17-/m0/s1. The van der Waals surface area contributed by atoms with Crippen LogP contribution in [0.25, 0.3) is 11.0 Å². The van der Waals surface area contributed by atoms with E-state index in [1.54, 1.807) is 40.7 Å². The maximum absolute atomic E-state index is 12.9. The second-order valence-corrected chi connectivity index (χ2v) is 7.21. The summed E-state index contributed by atoms with van der Waals surface area (Å²) in [5.41, 5.74) is 6.29. The molecule has 0 aliphatic rings. The maximum Gasteiger partial charge on any atom is 0.417 e. The molecule has 0 fully saturated rings. The molecule has 0 aliphatic heterocycles. The zero-order chi connectivity index (χ0) is 21.2. The number of nitro benzene ring substituents is 1. The minimum absolute atomic E-state index is 0.0820. The summed E-state index contributed by atoms with van der Waals surface area (Å²) in [6.07, 6.45) is -1.25. The Morgan fingerprint density at radius 2 is 1.82 bits per heavy atom. The van der Waals surface area contributed by atoms with Gasteiger partial charge in [0, 0.05) is 17.5 Å². The molecule has 28 heavy (non-hydrogen) atoms. The lowest BCUT2D eigenvalue weighted by Gasteiger charge is -2.29. The van der Waals surface area contributed by atoms with Crippen LogP contribution in [0.3, 0.4) is 0 Å². The number of non-ortho nitro benzene ring substituents is 1. The van der Waals surface area contributed by atoms with E-state index < -0.39 is 35.1 Å². The van der Waals surface area contributed by atoms with Crippen molar-refractivity contribution < 1.29 is 23.7 Å². The predicted octanol–water partition coefficient (Wildman–Crippen LogP) is 3.76. The summed E-state index contributed by atoms with van der Waals surface area (Å²) < 4.78 is 10.9. The average molecular weight is 391 g/mol.